The number of amides is 1. The van der Waals surface area contributed by atoms with E-state index in [1.807, 2.05) is 24.3 Å². The molecule has 0 radical (unpaired) electrons. The van der Waals surface area contributed by atoms with Crippen LogP contribution in [0.2, 0.25) is 0 Å². The Labute approximate surface area is 92.7 Å². The van der Waals surface area contributed by atoms with Crippen LogP contribution in [0, 0.1) is 0 Å². The summed E-state index contributed by atoms with van der Waals surface area (Å²) in [4.78, 5) is 10.9. The van der Waals surface area contributed by atoms with Crippen molar-refractivity contribution < 1.29 is 4.79 Å². The average Bonchev–Trinajstić information content (AvgIpc) is 2.78. The molecule has 82 valence electrons. The predicted octanol–water partition coefficient (Wildman–Crippen LogP) is 0.430. The van der Waals surface area contributed by atoms with Crippen molar-refractivity contribution in [1.29, 1.82) is 0 Å². The van der Waals surface area contributed by atoms with E-state index in [0.29, 0.717) is 6.54 Å². The molecule has 1 amide bonds. The van der Waals surface area contributed by atoms with E-state index in [2.05, 4.69) is 5.10 Å². The van der Waals surface area contributed by atoms with Crippen molar-refractivity contribution in [3.8, 4) is 5.69 Å². The Balaban J connectivity index is 2.38. The second-order valence-electron chi connectivity index (χ2n) is 3.38. The van der Waals surface area contributed by atoms with Crippen LogP contribution in [0.15, 0.2) is 36.5 Å². The maximum absolute atomic E-state index is 10.9. The molecule has 5 heteroatoms. The highest BCUT2D eigenvalue weighted by Gasteiger charge is 2.05. The fourth-order valence-corrected chi connectivity index (χ4v) is 1.43. The lowest BCUT2D eigenvalue weighted by molar-refractivity contribution is 0.0995. The molecule has 16 heavy (non-hydrogen) atoms. The number of aromatic nitrogens is 2. The molecule has 2 aromatic rings. The van der Waals surface area contributed by atoms with Gasteiger partial charge < -0.3 is 11.5 Å². The molecule has 0 aliphatic heterocycles. The summed E-state index contributed by atoms with van der Waals surface area (Å²) in [7, 11) is 0. The van der Waals surface area contributed by atoms with Gasteiger partial charge in [0, 0.05) is 12.7 Å². The van der Waals surface area contributed by atoms with Crippen LogP contribution < -0.4 is 11.5 Å². The minimum atomic E-state index is -0.534. The van der Waals surface area contributed by atoms with E-state index in [-0.39, 0.29) is 5.69 Å². The fourth-order valence-electron chi connectivity index (χ4n) is 1.43. The second-order valence-corrected chi connectivity index (χ2v) is 3.38. The number of hydrogen-bond acceptors (Lipinski definition) is 3. The largest absolute Gasteiger partial charge is 0.364 e. The van der Waals surface area contributed by atoms with Gasteiger partial charge in [-0.15, -0.1) is 0 Å². The Morgan fingerprint density at radius 1 is 1.38 bits per heavy atom. The number of carbonyl (C=O) groups is 1. The first-order valence-corrected chi connectivity index (χ1v) is 4.85. The van der Waals surface area contributed by atoms with Crippen molar-refractivity contribution in [2.24, 2.45) is 11.5 Å². The number of hydrogen-bond donors (Lipinski definition) is 2. The van der Waals surface area contributed by atoms with Crippen molar-refractivity contribution in [2.45, 2.75) is 6.54 Å². The second kappa shape index (κ2) is 4.16. The summed E-state index contributed by atoms with van der Waals surface area (Å²) in [6, 6.07) is 9.21. The van der Waals surface area contributed by atoms with E-state index in [0.717, 1.165) is 11.3 Å². The summed E-state index contributed by atoms with van der Waals surface area (Å²) in [5.74, 6) is -0.534. The first-order chi connectivity index (χ1) is 7.70. The third-order valence-corrected chi connectivity index (χ3v) is 2.25. The molecular formula is C11H12N4O. The van der Waals surface area contributed by atoms with Gasteiger partial charge in [0.05, 0.1) is 5.69 Å². The van der Waals surface area contributed by atoms with E-state index in [4.69, 9.17) is 11.5 Å². The number of rotatable bonds is 3. The Bertz CT molecular complexity index is 518. The van der Waals surface area contributed by atoms with Crippen molar-refractivity contribution in [3.63, 3.8) is 0 Å². The number of nitrogens with zero attached hydrogens (tertiary/aromatic N) is 2. The van der Waals surface area contributed by atoms with Gasteiger partial charge in [-0.25, -0.2) is 4.68 Å². The SMILES string of the molecule is NCc1cccc(-n2ccc(C(N)=O)n2)c1. The average molecular weight is 216 g/mol. The third-order valence-electron chi connectivity index (χ3n) is 2.25. The topological polar surface area (TPSA) is 86.9 Å². The maximum Gasteiger partial charge on any atom is 0.269 e. The molecule has 0 saturated heterocycles. The van der Waals surface area contributed by atoms with Crippen molar-refractivity contribution >= 4 is 5.91 Å². The highest BCUT2D eigenvalue weighted by atomic mass is 16.1. The Hall–Kier alpha value is -2.14. The van der Waals surface area contributed by atoms with Gasteiger partial charge in [0.1, 0.15) is 5.69 Å². The van der Waals surface area contributed by atoms with Gasteiger partial charge in [0.2, 0.25) is 0 Å². The summed E-state index contributed by atoms with van der Waals surface area (Å²) in [5, 5.41) is 4.06. The van der Waals surface area contributed by atoms with Crippen LogP contribution in [0.25, 0.3) is 5.69 Å². The normalized spacial score (nSPS) is 10.3. The molecule has 0 spiro atoms. The molecule has 4 N–H and O–H groups in total. The Morgan fingerprint density at radius 2 is 2.19 bits per heavy atom. The van der Waals surface area contributed by atoms with Gasteiger partial charge in [-0.05, 0) is 23.8 Å². The zero-order valence-corrected chi connectivity index (χ0v) is 8.63. The smallest absolute Gasteiger partial charge is 0.269 e. The van der Waals surface area contributed by atoms with Crippen molar-refractivity contribution in [2.75, 3.05) is 0 Å². The van der Waals surface area contributed by atoms with Gasteiger partial charge in [0.15, 0.2) is 0 Å². The maximum atomic E-state index is 10.9. The van der Waals surface area contributed by atoms with E-state index >= 15 is 0 Å². The summed E-state index contributed by atoms with van der Waals surface area (Å²) < 4.78 is 1.60. The van der Waals surface area contributed by atoms with Gasteiger partial charge in [-0.3, -0.25) is 4.79 Å². The van der Waals surface area contributed by atoms with Crippen LogP contribution in [0.4, 0.5) is 0 Å². The molecule has 0 aliphatic rings. The molecule has 0 aliphatic carbocycles. The number of benzene rings is 1. The molecule has 0 atom stereocenters. The fraction of sp³-hybridized carbons (Fsp3) is 0.0909. The van der Waals surface area contributed by atoms with Crippen molar-refractivity contribution in [1.82, 2.24) is 9.78 Å². The lowest BCUT2D eigenvalue weighted by Gasteiger charge is -2.03. The first-order valence-electron chi connectivity index (χ1n) is 4.85. The molecule has 0 saturated carbocycles. The lowest BCUT2D eigenvalue weighted by Crippen LogP contribution is -2.12. The summed E-state index contributed by atoms with van der Waals surface area (Å²) in [5.41, 5.74) is 12.8. The monoisotopic (exact) mass is 216 g/mol. The van der Waals surface area contributed by atoms with E-state index in [9.17, 15) is 4.79 Å². The quantitative estimate of drug-likeness (QED) is 0.780. The number of primary amides is 1. The first kappa shape index (κ1) is 10.4. The number of nitrogens with two attached hydrogens (primary N) is 2. The van der Waals surface area contributed by atoms with Crippen LogP contribution in [-0.4, -0.2) is 15.7 Å². The highest BCUT2D eigenvalue weighted by Crippen LogP contribution is 2.10. The van der Waals surface area contributed by atoms with E-state index < -0.39 is 5.91 Å². The van der Waals surface area contributed by atoms with Crippen molar-refractivity contribution in [3.05, 3.63) is 47.8 Å². The standard InChI is InChI=1S/C11H12N4O/c12-7-8-2-1-3-9(6-8)15-5-4-10(14-15)11(13)16/h1-6H,7,12H2,(H2,13,16). The van der Waals surface area contributed by atoms with Crippen LogP contribution in [0.5, 0.6) is 0 Å². The molecule has 0 fully saturated rings. The lowest BCUT2D eigenvalue weighted by atomic mass is 10.2. The molecule has 0 unspecified atom stereocenters. The minimum absolute atomic E-state index is 0.248. The van der Waals surface area contributed by atoms with Crippen LogP contribution >= 0.6 is 0 Å². The minimum Gasteiger partial charge on any atom is -0.364 e. The zero-order chi connectivity index (χ0) is 11.5. The molecular weight excluding hydrogens is 204 g/mol. The van der Waals surface area contributed by atoms with Gasteiger partial charge in [-0.1, -0.05) is 12.1 Å². The van der Waals surface area contributed by atoms with Crippen LogP contribution in [0.3, 0.4) is 0 Å². The molecule has 1 aromatic heterocycles. The summed E-state index contributed by atoms with van der Waals surface area (Å²) >= 11 is 0. The van der Waals surface area contributed by atoms with E-state index in [1.54, 1.807) is 16.9 Å². The molecule has 1 aromatic carbocycles. The third kappa shape index (κ3) is 1.94. The molecule has 0 bridgehead atoms. The van der Waals surface area contributed by atoms with Gasteiger partial charge >= 0.3 is 0 Å². The van der Waals surface area contributed by atoms with Crippen LogP contribution in [0.1, 0.15) is 16.1 Å². The molecule has 2 rings (SSSR count). The van der Waals surface area contributed by atoms with Crippen LogP contribution in [-0.2, 0) is 6.54 Å². The van der Waals surface area contributed by atoms with Gasteiger partial charge in [-0.2, -0.15) is 5.10 Å². The molecule has 5 nitrogen and oxygen atoms in total. The molecule has 1 heterocycles. The van der Waals surface area contributed by atoms with E-state index in [1.165, 1.54) is 0 Å². The summed E-state index contributed by atoms with van der Waals surface area (Å²) in [6.45, 7) is 0.470. The van der Waals surface area contributed by atoms with Gasteiger partial charge in [0.25, 0.3) is 5.91 Å². The number of carbonyl (C=O) groups excluding carboxylic acids is 1. The summed E-state index contributed by atoms with van der Waals surface area (Å²) in [6.07, 6.45) is 1.69. The zero-order valence-electron chi connectivity index (χ0n) is 8.63. The predicted molar refractivity (Wildman–Crippen MR) is 60.0 cm³/mol. The Kier molecular flexibility index (Phi) is 2.70. The highest BCUT2D eigenvalue weighted by molar-refractivity contribution is 5.90. The Morgan fingerprint density at radius 3 is 2.81 bits per heavy atom.